The summed E-state index contributed by atoms with van der Waals surface area (Å²) in [6.45, 7) is 7.90. The van der Waals surface area contributed by atoms with Crippen LogP contribution in [0.25, 0.3) is 0 Å². The Labute approximate surface area is 107 Å². The van der Waals surface area contributed by atoms with Gasteiger partial charge in [-0.1, -0.05) is 26.8 Å². The van der Waals surface area contributed by atoms with Crippen LogP contribution in [0.15, 0.2) is 17.5 Å². The molecule has 0 fully saturated rings. The molecule has 3 N–H and O–H groups in total. The Hall–Kier alpha value is -0.870. The zero-order chi connectivity index (χ0) is 13.1. The van der Waals surface area contributed by atoms with Crippen LogP contribution in [0.3, 0.4) is 0 Å². The van der Waals surface area contributed by atoms with Gasteiger partial charge in [-0.3, -0.25) is 4.79 Å². The van der Waals surface area contributed by atoms with Crippen LogP contribution in [0.4, 0.5) is 0 Å². The van der Waals surface area contributed by atoms with Crippen molar-refractivity contribution in [2.24, 2.45) is 11.7 Å². The predicted octanol–water partition coefficient (Wildman–Crippen LogP) is 2.69. The van der Waals surface area contributed by atoms with Crippen molar-refractivity contribution < 1.29 is 4.79 Å². The van der Waals surface area contributed by atoms with Crippen LogP contribution in [0.1, 0.15) is 45.0 Å². The molecule has 0 aliphatic rings. The molecule has 0 aliphatic heterocycles. The van der Waals surface area contributed by atoms with Gasteiger partial charge in [0.25, 0.3) is 0 Å². The molecule has 0 bridgehead atoms. The maximum atomic E-state index is 12.1. The normalized spacial score (nSPS) is 16.6. The van der Waals surface area contributed by atoms with E-state index in [9.17, 15) is 4.79 Å². The Kier molecular flexibility index (Phi) is 4.71. The van der Waals surface area contributed by atoms with Crippen molar-refractivity contribution in [3.8, 4) is 0 Å². The highest BCUT2D eigenvalue weighted by Gasteiger charge is 2.29. The molecule has 2 unspecified atom stereocenters. The minimum Gasteiger partial charge on any atom is -0.347 e. The molecule has 4 heteroatoms. The van der Waals surface area contributed by atoms with E-state index in [0.717, 1.165) is 0 Å². The van der Waals surface area contributed by atoms with Crippen LogP contribution in [0.2, 0.25) is 0 Å². The number of hydrogen-bond acceptors (Lipinski definition) is 3. The molecule has 1 rings (SSSR count). The van der Waals surface area contributed by atoms with Gasteiger partial charge in [-0.25, -0.2) is 0 Å². The largest absolute Gasteiger partial charge is 0.347 e. The highest BCUT2D eigenvalue weighted by molar-refractivity contribution is 7.10. The summed E-state index contributed by atoms with van der Waals surface area (Å²) in [6.07, 6.45) is 0.633. The van der Waals surface area contributed by atoms with E-state index in [0.29, 0.717) is 12.3 Å². The molecule has 96 valence electrons. The van der Waals surface area contributed by atoms with Crippen LogP contribution in [0.5, 0.6) is 0 Å². The minimum atomic E-state index is -0.787. The number of nitrogens with one attached hydrogen (secondary N) is 1. The van der Waals surface area contributed by atoms with Gasteiger partial charge >= 0.3 is 0 Å². The summed E-state index contributed by atoms with van der Waals surface area (Å²) < 4.78 is 0. The summed E-state index contributed by atoms with van der Waals surface area (Å²) in [5, 5.41) is 5.08. The fourth-order valence-electron chi connectivity index (χ4n) is 1.50. The topological polar surface area (TPSA) is 55.1 Å². The van der Waals surface area contributed by atoms with E-state index in [1.165, 1.54) is 4.88 Å². The second-order valence-electron chi connectivity index (χ2n) is 4.98. The zero-order valence-electron chi connectivity index (χ0n) is 11.0. The first-order valence-corrected chi connectivity index (χ1v) is 6.89. The third-order valence-corrected chi connectivity index (χ3v) is 4.01. The fraction of sp³-hybridized carbons (Fsp3) is 0.615. The smallest absolute Gasteiger partial charge is 0.240 e. The average molecular weight is 254 g/mol. The quantitative estimate of drug-likeness (QED) is 0.849. The van der Waals surface area contributed by atoms with Crippen LogP contribution in [-0.4, -0.2) is 11.4 Å². The summed E-state index contributed by atoms with van der Waals surface area (Å²) in [7, 11) is 0. The SMILES string of the molecule is CCC(C)(N)C(=O)NC(c1cccs1)C(C)C. The number of rotatable bonds is 5. The summed E-state index contributed by atoms with van der Waals surface area (Å²) in [5.74, 6) is 0.275. The molecule has 1 heterocycles. The molecule has 0 saturated heterocycles. The molecule has 1 aromatic heterocycles. The molecular formula is C13H22N2OS. The van der Waals surface area contributed by atoms with E-state index >= 15 is 0 Å². The lowest BCUT2D eigenvalue weighted by atomic mass is 9.96. The molecule has 0 aromatic carbocycles. The van der Waals surface area contributed by atoms with Crippen LogP contribution < -0.4 is 11.1 Å². The van der Waals surface area contributed by atoms with Crippen LogP contribution in [0, 0.1) is 5.92 Å². The predicted molar refractivity (Wildman–Crippen MR) is 72.9 cm³/mol. The highest BCUT2D eigenvalue weighted by atomic mass is 32.1. The molecule has 2 atom stereocenters. The van der Waals surface area contributed by atoms with Gasteiger partial charge in [0.2, 0.25) is 5.91 Å². The average Bonchev–Trinajstić information content (AvgIpc) is 2.78. The number of nitrogens with two attached hydrogens (primary N) is 1. The summed E-state index contributed by atoms with van der Waals surface area (Å²) in [6, 6.07) is 4.11. The number of thiophene rings is 1. The van der Waals surface area contributed by atoms with Crippen LogP contribution >= 0.6 is 11.3 Å². The van der Waals surface area contributed by atoms with Gasteiger partial charge in [0.1, 0.15) is 0 Å². The maximum absolute atomic E-state index is 12.1. The van der Waals surface area contributed by atoms with E-state index in [4.69, 9.17) is 5.73 Å². The molecule has 1 aromatic rings. The minimum absolute atomic E-state index is 0.0527. The number of hydrogen-bond donors (Lipinski definition) is 2. The van der Waals surface area contributed by atoms with Gasteiger partial charge in [-0.2, -0.15) is 0 Å². The van der Waals surface area contributed by atoms with Crippen molar-refractivity contribution in [1.29, 1.82) is 0 Å². The van der Waals surface area contributed by atoms with E-state index < -0.39 is 5.54 Å². The van der Waals surface area contributed by atoms with Crippen molar-refractivity contribution in [3.05, 3.63) is 22.4 Å². The Morgan fingerprint density at radius 2 is 2.24 bits per heavy atom. The summed E-state index contributed by atoms with van der Waals surface area (Å²) in [5.41, 5.74) is 5.17. The molecule has 0 aliphatic carbocycles. The first-order chi connectivity index (χ1) is 7.88. The van der Waals surface area contributed by atoms with E-state index in [1.807, 2.05) is 18.4 Å². The fourth-order valence-corrected chi connectivity index (χ4v) is 2.45. The van der Waals surface area contributed by atoms with Gasteiger partial charge in [0.05, 0.1) is 11.6 Å². The Morgan fingerprint density at radius 1 is 1.59 bits per heavy atom. The first-order valence-electron chi connectivity index (χ1n) is 6.01. The molecular weight excluding hydrogens is 232 g/mol. The third-order valence-electron chi connectivity index (χ3n) is 3.06. The zero-order valence-corrected chi connectivity index (χ0v) is 11.8. The van der Waals surface area contributed by atoms with E-state index in [2.05, 4.69) is 25.2 Å². The third kappa shape index (κ3) is 3.54. The first kappa shape index (κ1) is 14.2. The second kappa shape index (κ2) is 5.65. The lowest BCUT2D eigenvalue weighted by Gasteiger charge is -2.27. The van der Waals surface area contributed by atoms with E-state index in [1.54, 1.807) is 18.3 Å². The Bertz CT molecular complexity index is 358. The van der Waals surface area contributed by atoms with Gasteiger partial charge in [0.15, 0.2) is 0 Å². The standard InChI is InChI=1S/C13H22N2OS/c1-5-13(4,14)12(16)15-11(9(2)3)10-7-6-8-17-10/h6-9,11H,5,14H2,1-4H3,(H,15,16). The Morgan fingerprint density at radius 3 is 2.65 bits per heavy atom. The number of carbonyl (C=O) groups excluding carboxylic acids is 1. The van der Waals surface area contributed by atoms with Gasteiger partial charge in [-0.05, 0) is 30.7 Å². The van der Waals surface area contributed by atoms with Crippen LogP contribution in [-0.2, 0) is 4.79 Å². The summed E-state index contributed by atoms with van der Waals surface area (Å²) >= 11 is 1.66. The number of carbonyl (C=O) groups is 1. The molecule has 1 amide bonds. The lowest BCUT2D eigenvalue weighted by molar-refractivity contribution is -0.127. The van der Waals surface area contributed by atoms with Gasteiger partial charge < -0.3 is 11.1 Å². The van der Waals surface area contributed by atoms with Crippen molar-refractivity contribution in [2.75, 3.05) is 0 Å². The van der Waals surface area contributed by atoms with Crippen molar-refractivity contribution in [3.63, 3.8) is 0 Å². The molecule has 0 radical (unpaired) electrons. The molecule has 3 nitrogen and oxygen atoms in total. The monoisotopic (exact) mass is 254 g/mol. The van der Waals surface area contributed by atoms with Gasteiger partial charge in [-0.15, -0.1) is 11.3 Å². The second-order valence-corrected chi connectivity index (χ2v) is 5.96. The number of amides is 1. The lowest BCUT2D eigenvalue weighted by Crippen LogP contribution is -2.52. The highest BCUT2D eigenvalue weighted by Crippen LogP contribution is 2.26. The molecule has 0 saturated carbocycles. The van der Waals surface area contributed by atoms with Crippen molar-refractivity contribution >= 4 is 17.2 Å². The summed E-state index contributed by atoms with van der Waals surface area (Å²) in [4.78, 5) is 13.3. The molecule has 0 spiro atoms. The van der Waals surface area contributed by atoms with E-state index in [-0.39, 0.29) is 11.9 Å². The maximum Gasteiger partial charge on any atom is 0.240 e. The van der Waals surface area contributed by atoms with Crippen molar-refractivity contribution in [2.45, 2.75) is 45.7 Å². The molecule has 17 heavy (non-hydrogen) atoms. The van der Waals surface area contributed by atoms with Gasteiger partial charge in [0, 0.05) is 4.88 Å². The Balaban J connectivity index is 2.79. The van der Waals surface area contributed by atoms with Crippen molar-refractivity contribution in [1.82, 2.24) is 5.32 Å².